The number of nitrogens with two attached hydrogens (primary N) is 1. The quantitative estimate of drug-likeness (QED) is 0.671. The third-order valence-electron chi connectivity index (χ3n) is 2.07. The highest BCUT2D eigenvalue weighted by molar-refractivity contribution is 4.65. The molecule has 0 aliphatic carbocycles. The lowest BCUT2D eigenvalue weighted by molar-refractivity contribution is -0.00540. The van der Waals surface area contributed by atoms with Crippen LogP contribution >= 0.6 is 0 Å². The molecule has 2 N–H and O–H groups in total. The second-order valence-electron chi connectivity index (χ2n) is 5.01. The molecule has 2 heteroatoms. The second-order valence-corrected chi connectivity index (χ2v) is 5.01. The molecule has 2 nitrogen and oxygen atoms in total. The lowest BCUT2D eigenvalue weighted by atomic mass is 10.0. The summed E-state index contributed by atoms with van der Waals surface area (Å²) in [4.78, 5) is 0. The van der Waals surface area contributed by atoms with Crippen molar-refractivity contribution in [1.29, 1.82) is 0 Å². The molecule has 0 saturated heterocycles. The van der Waals surface area contributed by atoms with Crippen molar-refractivity contribution < 1.29 is 4.74 Å². The highest BCUT2D eigenvalue weighted by Crippen LogP contribution is 2.10. The smallest absolute Gasteiger partial charge is 0.0598 e. The van der Waals surface area contributed by atoms with E-state index < -0.39 is 0 Å². The van der Waals surface area contributed by atoms with Gasteiger partial charge in [0.2, 0.25) is 0 Å². The third-order valence-corrected chi connectivity index (χ3v) is 2.07. The Balaban J connectivity index is 3.36. The Morgan fingerprint density at radius 3 is 2.15 bits per heavy atom. The van der Waals surface area contributed by atoms with E-state index >= 15 is 0 Å². The van der Waals surface area contributed by atoms with Gasteiger partial charge in [-0.15, -0.1) is 0 Å². The Hall–Kier alpha value is -0.0800. The van der Waals surface area contributed by atoms with Gasteiger partial charge in [-0.05, 0) is 39.5 Å². The Kier molecular flexibility index (Phi) is 5.57. The normalized spacial score (nSPS) is 15.0. The van der Waals surface area contributed by atoms with Crippen molar-refractivity contribution >= 4 is 0 Å². The molecule has 0 spiro atoms. The van der Waals surface area contributed by atoms with Gasteiger partial charge in [-0.1, -0.05) is 13.8 Å². The fourth-order valence-corrected chi connectivity index (χ4v) is 1.03. The topological polar surface area (TPSA) is 35.2 Å². The van der Waals surface area contributed by atoms with Gasteiger partial charge in [0.05, 0.1) is 5.60 Å². The summed E-state index contributed by atoms with van der Waals surface area (Å²) in [6, 6.07) is 0.323. The van der Waals surface area contributed by atoms with Gasteiger partial charge in [0.25, 0.3) is 0 Å². The molecule has 0 aliphatic heterocycles. The van der Waals surface area contributed by atoms with Gasteiger partial charge in [-0.3, -0.25) is 0 Å². The maximum atomic E-state index is 5.91. The molecule has 0 saturated carbocycles. The first-order valence-corrected chi connectivity index (χ1v) is 5.22. The van der Waals surface area contributed by atoms with Crippen molar-refractivity contribution in [2.75, 3.05) is 6.61 Å². The van der Waals surface area contributed by atoms with E-state index in [2.05, 4.69) is 34.6 Å². The molecule has 0 fully saturated rings. The highest BCUT2D eigenvalue weighted by atomic mass is 16.5. The maximum Gasteiger partial charge on any atom is 0.0598 e. The number of ether oxygens (including phenoxy) is 1. The van der Waals surface area contributed by atoms with Gasteiger partial charge in [-0.25, -0.2) is 0 Å². The van der Waals surface area contributed by atoms with E-state index in [0.29, 0.717) is 12.0 Å². The largest absolute Gasteiger partial charge is 0.376 e. The maximum absolute atomic E-state index is 5.91. The molecule has 1 unspecified atom stereocenters. The average Bonchev–Trinajstić information content (AvgIpc) is 1.95. The predicted octanol–water partition coefficient (Wildman–Crippen LogP) is 2.57. The minimum atomic E-state index is -0.0120. The van der Waals surface area contributed by atoms with Gasteiger partial charge >= 0.3 is 0 Å². The van der Waals surface area contributed by atoms with Crippen LogP contribution in [0.3, 0.4) is 0 Å². The summed E-state index contributed by atoms with van der Waals surface area (Å²) in [5.41, 5.74) is 5.90. The van der Waals surface area contributed by atoms with Crippen molar-refractivity contribution in [3.63, 3.8) is 0 Å². The van der Waals surface area contributed by atoms with Gasteiger partial charge in [0.15, 0.2) is 0 Å². The Labute approximate surface area is 82.8 Å². The minimum Gasteiger partial charge on any atom is -0.376 e. The van der Waals surface area contributed by atoms with Crippen LogP contribution in [0.1, 0.15) is 47.5 Å². The van der Waals surface area contributed by atoms with Crippen LogP contribution in [-0.2, 0) is 4.74 Å². The first kappa shape index (κ1) is 12.9. The molecule has 0 aromatic rings. The van der Waals surface area contributed by atoms with Crippen LogP contribution in [0.4, 0.5) is 0 Å². The van der Waals surface area contributed by atoms with E-state index in [0.717, 1.165) is 19.4 Å². The molecule has 0 heterocycles. The van der Waals surface area contributed by atoms with E-state index in [1.54, 1.807) is 0 Å². The first-order chi connectivity index (χ1) is 5.83. The Morgan fingerprint density at radius 1 is 1.23 bits per heavy atom. The molecule has 0 aromatic carbocycles. The van der Waals surface area contributed by atoms with Crippen molar-refractivity contribution in [2.45, 2.75) is 59.1 Å². The van der Waals surface area contributed by atoms with E-state index in [9.17, 15) is 0 Å². The molecule has 0 radical (unpaired) electrons. The zero-order valence-electron chi connectivity index (χ0n) is 9.76. The molecule has 0 aliphatic rings. The molecule has 80 valence electrons. The van der Waals surface area contributed by atoms with Gasteiger partial charge in [-0.2, -0.15) is 0 Å². The molecule has 1 atom stereocenters. The van der Waals surface area contributed by atoms with Crippen LogP contribution in [-0.4, -0.2) is 18.2 Å². The van der Waals surface area contributed by atoms with E-state index in [4.69, 9.17) is 10.5 Å². The average molecular weight is 187 g/mol. The van der Waals surface area contributed by atoms with Crippen LogP contribution in [0.15, 0.2) is 0 Å². The summed E-state index contributed by atoms with van der Waals surface area (Å²) in [6.07, 6.45) is 2.13. The fourth-order valence-electron chi connectivity index (χ4n) is 1.03. The molecular formula is C11H25NO. The number of rotatable bonds is 5. The Morgan fingerprint density at radius 2 is 1.77 bits per heavy atom. The molecule has 0 rings (SSSR count). The van der Waals surface area contributed by atoms with Crippen LogP contribution in [0.2, 0.25) is 0 Å². The standard InChI is InChI=1S/C11H25NO/c1-9(2)10(12)7-6-8-13-11(3,4)5/h9-10H,6-8,12H2,1-5H3. The molecule has 13 heavy (non-hydrogen) atoms. The summed E-state index contributed by atoms with van der Waals surface area (Å²) in [5.74, 6) is 0.578. The van der Waals surface area contributed by atoms with Crippen molar-refractivity contribution in [2.24, 2.45) is 11.7 Å². The summed E-state index contributed by atoms with van der Waals surface area (Å²) in [6.45, 7) is 11.4. The van der Waals surface area contributed by atoms with Crippen LogP contribution in [0, 0.1) is 5.92 Å². The van der Waals surface area contributed by atoms with Gasteiger partial charge in [0.1, 0.15) is 0 Å². The van der Waals surface area contributed by atoms with Gasteiger partial charge < -0.3 is 10.5 Å². The second kappa shape index (κ2) is 5.61. The highest BCUT2D eigenvalue weighted by Gasteiger charge is 2.11. The van der Waals surface area contributed by atoms with E-state index in [-0.39, 0.29) is 5.60 Å². The monoisotopic (exact) mass is 187 g/mol. The molecule has 0 bridgehead atoms. The van der Waals surface area contributed by atoms with Crippen LogP contribution < -0.4 is 5.73 Å². The SMILES string of the molecule is CC(C)C(N)CCCOC(C)(C)C. The summed E-state index contributed by atoms with van der Waals surface area (Å²) < 4.78 is 5.60. The predicted molar refractivity (Wildman–Crippen MR) is 57.8 cm³/mol. The molecule has 0 aromatic heterocycles. The lowest BCUT2D eigenvalue weighted by Gasteiger charge is -2.21. The third kappa shape index (κ3) is 8.26. The van der Waals surface area contributed by atoms with Crippen molar-refractivity contribution in [3.8, 4) is 0 Å². The van der Waals surface area contributed by atoms with E-state index in [1.807, 2.05) is 0 Å². The van der Waals surface area contributed by atoms with Crippen LogP contribution in [0.5, 0.6) is 0 Å². The summed E-state index contributed by atoms with van der Waals surface area (Å²) in [5, 5.41) is 0. The number of hydrogen-bond acceptors (Lipinski definition) is 2. The minimum absolute atomic E-state index is 0.0120. The first-order valence-electron chi connectivity index (χ1n) is 5.22. The Bertz CT molecular complexity index is 127. The fraction of sp³-hybridized carbons (Fsp3) is 1.00. The van der Waals surface area contributed by atoms with Gasteiger partial charge in [0, 0.05) is 12.6 Å². The molecule has 0 amide bonds. The summed E-state index contributed by atoms with van der Waals surface area (Å²) in [7, 11) is 0. The van der Waals surface area contributed by atoms with E-state index in [1.165, 1.54) is 0 Å². The van der Waals surface area contributed by atoms with Crippen molar-refractivity contribution in [3.05, 3.63) is 0 Å². The van der Waals surface area contributed by atoms with Crippen molar-refractivity contribution in [1.82, 2.24) is 0 Å². The summed E-state index contributed by atoms with van der Waals surface area (Å²) >= 11 is 0. The zero-order valence-corrected chi connectivity index (χ0v) is 9.76. The number of hydrogen-bond donors (Lipinski definition) is 1. The lowest BCUT2D eigenvalue weighted by Crippen LogP contribution is -2.27. The molecular weight excluding hydrogens is 162 g/mol. The zero-order chi connectivity index (χ0) is 10.5. The van der Waals surface area contributed by atoms with Crippen LogP contribution in [0.25, 0.3) is 0 Å².